The van der Waals surface area contributed by atoms with Gasteiger partial charge < -0.3 is 14.6 Å². The molecule has 2 aromatic heterocycles. The van der Waals surface area contributed by atoms with Crippen molar-refractivity contribution in [2.45, 2.75) is 33.9 Å². The molecule has 0 bridgehead atoms. The van der Waals surface area contributed by atoms with E-state index in [1.165, 1.54) is 11.3 Å². The Labute approximate surface area is 169 Å². The summed E-state index contributed by atoms with van der Waals surface area (Å²) in [5.74, 6) is -0.359. The topological polar surface area (TPSA) is 62.4 Å². The molecular formula is C22H24N2O3S. The zero-order chi connectivity index (χ0) is 20.1. The number of carbonyl (C=O) groups excluding carboxylic acids is 2. The Bertz CT molecular complexity index is 946. The summed E-state index contributed by atoms with van der Waals surface area (Å²) in [6.07, 6.45) is 0. The second-order valence-electron chi connectivity index (χ2n) is 6.57. The number of aryl methyl sites for hydroxylation is 1. The molecular weight excluding hydrogens is 372 g/mol. The highest BCUT2D eigenvalue weighted by molar-refractivity contribution is 7.12. The molecule has 5 nitrogen and oxygen atoms in total. The van der Waals surface area contributed by atoms with Gasteiger partial charge in [0.05, 0.1) is 23.6 Å². The van der Waals surface area contributed by atoms with Crippen LogP contribution in [0.25, 0.3) is 0 Å². The van der Waals surface area contributed by atoms with Gasteiger partial charge in [0.15, 0.2) is 0 Å². The van der Waals surface area contributed by atoms with Crippen LogP contribution in [0.2, 0.25) is 0 Å². The van der Waals surface area contributed by atoms with E-state index in [4.69, 9.17) is 4.74 Å². The second kappa shape index (κ2) is 8.89. The van der Waals surface area contributed by atoms with E-state index in [9.17, 15) is 9.59 Å². The van der Waals surface area contributed by atoms with Gasteiger partial charge in [-0.2, -0.15) is 0 Å². The summed E-state index contributed by atoms with van der Waals surface area (Å²) in [7, 11) is 0. The number of ether oxygens (including phenoxy) is 1. The van der Waals surface area contributed by atoms with Crippen LogP contribution in [0, 0.1) is 13.8 Å². The lowest BCUT2D eigenvalue weighted by Gasteiger charge is -2.22. The fourth-order valence-electron chi connectivity index (χ4n) is 3.23. The highest BCUT2D eigenvalue weighted by Gasteiger charge is 2.23. The third kappa shape index (κ3) is 4.34. The first-order valence-corrected chi connectivity index (χ1v) is 10.1. The van der Waals surface area contributed by atoms with Crippen molar-refractivity contribution in [3.8, 4) is 0 Å². The Kier molecular flexibility index (Phi) is 6.31. The van der Waals surface area contributed by atoms with Crippen molar-refractivity contribution in [3.63, 3.8) is 0 Å². The Balaban J connectivity index is 1.90. The molecule has 3 rings (SSSR count). The fraction of sp³-hybridized carbons (Fsp3) is 0.273. The van der Waals surface area contributed by atoms with E-state index < -0.39 is 0 Å². The van der Waals surface area contributed by atoms with Crippen molar-refractivity contribution < 1.29 is 14.3 Å². The lowest BCUT2D eigenvalue weighted by molar-refractivity contribution is 0.0525. The van der Waals surface area contributed by atoms with E-state index in [0.29, 0.717) is 30.1 Å². The second-order valence-corrected chi connectivity index (χ2v) is 7.52. The average Bonchev–Trinajstić information content (AvgIpc) is 3.30. The van der Waals surface area contributed by atoms with Gasteiger partial charge in [-0.1, -0.05) is 36.4 Å². The number of H-pyrrole nitrogens is 1. The Morgan fingerprint density at radius 2 is 1.82 bits per heavy atom. The molecule has 1 N–H and O–H groups in total. The number of nitrogens with zero attached hydrogens (tertiary/aromatic N) is 1. The maximum Gasteiger partial charge on any atom is 0.340 e. The van der Waals surface area contributed by atoms with Gasteiger partial charge in [0.25, 0.3) is 5.91 Å². The summed E-state index contributed by atoms with van der Waals surface area (Å²) >= 11 is 1.43. The number of aromatic nitrogens is 1. The highest BCUT2D eigenvalue weighted by Crippen LogP contribution is 2.23. The monoisotopic (exact) mass is 396 g/mol. The zero-order valence-electron chi connectivity index (χ0n) is 16.3. The number of benzene rings is 1. The number of rotatable bonds is 7. The third-order valence-electron chi connectivity index (χ3n) is 4.61. The number of carbonyl (C=O) groups is 2. The summed E-state index contributed by atoms with van der Waals surface area (Å²) in [6.45, 7) is 6.74. The minimum absolute atomic E-state index is 0.0248. The number of thiophene rings is 1. The van der Waals surface area contributed by atoms with E-state index in [1.54, 1.807) is 11.8 Å². The largest absolute Gasteiger partial charge is 0.462 e. The number of hydrogen-bond acceptors (Lipinski definition) is 4. The molecule has 0 saturated heterocycles. The standard InChI is InChI=1S/C22H24N2O3S/c1-4-27-22(26)20-15(2)18(23-16(20)3)14-24(13-17-9-6-5-7-10-17)21(25)19-11-8-12-28-19/h5-12,23H,4,13-14H2,1-3H3. The third-order valence-corrected chi connectivity index (χ3v) is 5.46. The Hall–Kier alpha value is -2.86. The van der Waals surface area contributed by atoms with E-state index in [-0.39, 0.29) is 11.9 Å². The molecule has 0 spiro atoms. The predicted molar refractivity (Wildman–Crippen MR) is 111 cm³/mol. The summed E-state index contributed by atoms with van der Waals surface area (Å²) < 4.78 is 5.17. The van der Waals surface area contributed by atoms with Crippen molar-refractivity contribution in [2.24, 2.45) is 0 Å². The lowest BCUT2D eigenvalue weighted by atomic mass is 10.1. The number of aromatic amines is 1. The van der Waals surface area contributed by atoms with Crippen LogP contribution in [0.4, 0.5) is 0 Å². The van der Waals surface area contributed by atoms with Gasteiger partial charge in [0.2, 0.25) is 0 Å². The van der Waals surface area contributed by atoms with Gasteiger partial charge in [-0.15, -0.1) is 11.3 Å². The predicted octanol–water partition coefficient (Wildman–Crippen LogP) is 4.71. The molecule has 0 saturated carbocycles. The van der Waals surface area contributed by atoms with Crippen LogP contribution in [0.5, 0.6) is 0 Å². The molecule has 1 aromatic carbocycles. The van der Waals surface area contributed by atoms with Gasteiger partial charge in [0, 0.05) is 17.9 Å². The molecule has 146 valence electrons. The van der Waals surface area contributed by atoms with Gasteiger partial charge in [-0.05, 0) is 43.3 Å². The van der Waals surface area contributed by atoms with Gasteiger partial charge in [-0.3, -0.25) is 4.79 Å². The molecule has 3 aromatic rings. The molecule has 2 heterocycles. The summed E-state index contributed by atoms with van der Waals surface area (Å²) in [6, 6.07) is 13.6. The van der Waals surface area contributed by atoms with Crippen LogP contribution in [-0.4, -0.2) is 28.4 Å². The highest BCUT2D eigenvalue weighted by atomic mass is 32.1. The average molecular weight is 397 g/mol. The van der Waals surface area contributed by atoms with Crippen molar-refractivity contribution >= 4 is 23.2 Å². The molecule has 0 aliphatic carbocycles. The molecule has 0 radical (unpaired) electrons. The summed E-state index contributed by atoms with van der Waals surface area (Å²) in [4.78, 5) is 31.1. The van der Waals surface area contributed by atoms with Gasteiger partial charge >= 0.3 is 5.97 Å². The zero-order valence-corrected chi connectivity index (χ0v) is 17.1. The van der Waals surface area contributed by atoms with Gasteiger partial charge in [-0.25, -0.2) is 4.79 Å². The summed E-state index contributed by atoms with van der Waals surface area (Å²) in [5.41, 5.74) is 4.04. The molecule has 1 amide bonds. The van der Waals surface area contributed by atoms with Crippen molar-refractivity contribution in [2.75, 3.05) is 6.61 Å². The maximum absolute atomic E-state index is 13.1. The first-order valence-electron chi connectivity index (χ1n) is 9.23. The van der Waals surface area contributed by atoms with Crippen molar-refractivity contribution in [1.29, 1.82) is 0 Å². The van der Waals surface area contributed by atoms with Crippen LogP contribution in [-0.2, 0) is 17.8 Å². The Morgan fingerprint density at radius 1 is 1.07 bits per heavy atom. The van der Waals surface area contributed by atoms with E-state index in [2.05, 4.69) is 4.98 Å². The molecule has 0 unspecified atom stereocenters. The molecule has 28 heavy (non-hydrogen) atoms. The number of nitrogens with one attached hydrogen (secondary N) is 1. The van der Waals surface area contributed by atoms with E-state index in [0.717, 1.165) is 22.5 Å². The minimum Gasteiger partial charge on any atom is -0.462 e. The number of hydrogen-bond donors (Lipinski definition) is 1. The van der Waals surface area contributed by atoms with Crippen molar-refractivity contribution in [3.05, 3.63) is 80.8 Å². The lowest BCUT2D eigenvalue weighted by Crippen LogP contribution is -2.30. The van der Waals surface area contributed by atoms with Crippen LogP contribution in [0.15, 0.2) is 47.8 Å². The first-order chi connectivity index (χ1) is 13.5. The van der Waals surface area contributed by atoms with Crippen LogP contribution in [0.3, 0.4) is 0 Å². The van der Waals surface area contributed by atoms with E-state index in [1.807, 2.05) is 61.7 Å². The molecule has 0 aliphatic heterocycles. The Morgan fingerprint density at radius 3 is 2.46 bits per heavy atom. The summed E-state index contributed by atoms with van der Waals surface area (Å²) in [5, 5.41) is 1.90. The SMILES string of the molecule is CCOC(=O)c1c(C)[nH]c(CN(Cc2ccccc2)C(=O)c2cccs2)c1C. The van der Waals surface area contributed by atoms with Crippen LogP contribution >= 0.6 is 11.3 Å². The van der Waals surface area contributed by atoms with Crippen LogP contribution < -0.4 is 0 Å². The van der Waals surface area contributed by atoms with Crippen LogP contribution in [0.1, 0.15) is 49.5 Å². The van der Waals surface area contributed by atoms with Gasteiger partial charge in [0.1, 0.15) is 0 Å². The molecule has 6 heteroatoms. The molecule has 0 aliphatic rings. The smallest absolute Gasteiger partial charge is 0.340 e. The van der Waals surface area contributed by atoms with E-state index >= 15 is 0 Å². The quantitative estimate of drug-likeness (QED) is 0.588. The first kappa shape index (κ1) is 19.9. The number of amides is 1. The van der Waals surface area contributed by atoms with Crippen molar-refractivity contribution in [1.82, 2.24) is 9.88 Å². The molecule has 0 fully saturated rings. The number of esters is 1. The normalized spacial score (nSPS) is 10.7. The minimum atomic E-state index is -0.334. The molecule has 0 atom stereocenters. The maximum atomic E-state index is 13.1. The fourth-order valence-corrected chi connectivity index (χ4v) is 3.92.